The molecule has 7 nitrogen and oxygen atoms in total. The van der Waals surface area contributed by atoms with Gasteiger partial charge in [0, 0.05) is 18.3 Å². The zero-order valence-corrected chi connectivity index (χ0v) is 14.1. The summed E-state index contributed by atoms with van der Waals surface area (Å²) in [6.07, 6.45) is 5.51. The number of nitrogens with zero attached hydrogens (tertiary/aromatic N) is 1. The summed E-state index contributed by atoms with van der Waals surface area (Å²) in [4.78, 5) is 28.0. The van der Waals surface area contributed by atoms with Crippen LogP contribution in [0.3, 0.4) is 0 Å². The molecule has 3 amide bonds. The fourth-order valence-corrected chi connectivity index (χ4v) is 2.64. The van der Waals surface area contributed by atoms with Crippen molar-refractivity contribution in [2.24, 2.45) is 0 Å². The molecule has 0 aliphatic carbocycles. The third kappa shape index (κ3) is 6.67. The molecule has 0 radical (unpaired) electrons. The highest BCUT2D eigenvalue weighted by molar-refractivity contribution is 7.09. The minimum atomic E-state index is -1.06. The van der Waals surface area contributed by atoms with Gasteiger partial charge >= 0.3 is 6.03 Å². The van der Waals surface area contributed by atoms with E-state index in [0.29, 0.717) is 13.0 Å². The molecule has 8 heteroatoms. The minimum Gasteiger partial charge on any atom is -0.391 e. The Morgan fingerprint density at radius 3 is 2.78 bits per heavy atom. The van der Waals surface area contributed by atoms with Gasteiger partial charge in [-0.2, -0.15) is 0 Å². The van der Waals surface area contributed by atoms with Crippen molar-refractivity contribution in [1.29, 1.82) is 0 Å². The third-order valence-electron chi connectivity index (χ3n) is 3.00. The number of nitrogens with one attached hydrogen (secondary N) is 3. The lowest BCUT2D eigenvalue weighted by molar-refractivity contribution is -0.124. The van der Waals surface area contributed by atoms with E-state index in [-0.39, 0.29) is 6.54 Å². The first-order chi connectivity index (χ1) is 11.0. The van der Waals surface area contributed by atoms with Crippen molar-refractivity contribution in [3.63, 3.8) is 0 Å². The summed E-state index contributed by atoms with van der Waals surface area (Å²) in [5.41, 5.74) is 1.04. The number of aromatic nitrogens is 1. The van der Waals surface area contributed by atoms with Gasteiger partial charge in [0.15, 0.2) is 0 Å². The number of aliphatic hydroxyl groups is 1. The van der Waals surface area contributed by atoms with E-state index in [1.54, 1.807) is 11.3 Å². The minimum absolute atomic E-state index is 0.0369. The monoisotopic (exact) mass is 338 g/mol. The van der Waals surface area contributed by atoms with Crippen molar-refractivity contribution < 1.29 is 14.7 Å². The van der Waals surface area contributed by atoms with Gasteiger partial charge in [0.1, 0.15) is 6.04 Å². The summed E-state index contributed by atoms with van der Waals surface area (Å²) in [5, 5.41) is 20.0. The lowest BCUT2D eigenvalue weighted by Crippen LogP contribution is -2.55. The van der Waals surface area contributed by atoms with Gasteiger partial charge in [-0.05, 0) is 13.3 Å². The Kier molecular flexibility index (Phi) is 8.08. The summed E-state index contributed by atoms with van der Waals surface area (Å²) >= 11 is 1.55. The number of aryl methyl sites for hydroxylation is 1. The van der Waals surface area contributed by atoms with Crippen LogP contribution in [0.4, 0.5) is 4.79 Å². The zero-order valence-electron chi connectivity index (χ0n) is 13.3. The molecule has 0 aliphatic rings. The van der Waals surface area contributed by atoms with Crippen LogP contribution in [-0.2, 0) is 17.6 Å². The first-order valence-corrected chi connectivity index (χ1v) is 8.22. The van der Waals surface area contributed by atoms with E-state index in [1.807, 2.05) is 12.3 Å². The third-order valence-corrected chi connectivity index (χ3v) is 3.96. The van der Waals surface area contributed by atoms with Gasteiger partial charge in [-0.25, -0.2) is 9.78 Å². The number of thiazole rings is 1. The number of aliphatic hydroxyl groups excluding tert-OH is 1. The molecule has 0 spiro atoms. The zero-order chi connectivity index (χ0) is 17.2. The summed E-state index contributed by atoms with van der Waals surface area (Å²) < 4.78 is 0. The molecule has 0 unspecified atom stereocenters. The molecule has 2 atom stereocenters. The van der Waals surface area contributed by atoms with Crippen molar-refractivity contribution >= 4 is 23.3 Å². The Bertz CT molecular complexity index is 565. The number of hydrogen-bond acceptors (Lipinski definition) is 5. The first-order valence-electron chi connectivity index (χ1n) is 7.34. The molecule has 0 aromatic carbocycles. The quantitative estimate of drug-likeness (QED) is 0.503. The first kappa shape index (κ1) is 18.9. The van der Waals surface area contributed by atoms with Gasteiger partial charge in [-0.1, -0.05) is 12.8 Å². The van der Waals surface area contributed by atoms with Crippen LogP contribution in [0, 0.1) is 12.3 Å². The lowest BCUT2D eigenvalue weighted by atomic mass is 10.1. The fourth-order valence-electron chi connectivity index (χ4n) is 1.75. The van der Waals surface area contributed by atoms with Gasteiger partial charge in [-0.3, -0.25) is 4.79 Å². The second kappa shape index (κ2) is 9.82. The normalized spacial score (nSPS) is 12.8. The molecule has 1 heterocycles. The number of carbonyl (C=O) groups is 2. The Balaban J connectivity index is 2.40. The average Bonchev–Trinajstić information content (AvgIpc) is 2.98. The standard InChI is InChI=1S/C15H22N4O3S/c1-4-7-16-14(21)13(10(3)20)19-15(22)17-8-6-12-18-11(5-2)9-23-12/h1,9-10,13,20H,5-8H2,2-3H3,(H,16,21)(H2,17,19,22)/t10-,13+/m1/s1. The number of terminal acetylenes is 1. The Morgan fingerprint density at radius 1 is 1.48 bits per heavy atom. The van der Waals surface area contributed by atoms with Crippen LogP contribution in [0.25, 0.3) is 0 Å². The molecule has 1 rings (SSSR count). The van der Waals surface area contributed by atoms with Crippen LogP contribution in [0.2, 0.25) is 0 Å². The van der Waals surface area contributed by atoms with Crippen LogP contribution < -0.4 is 16.0 Å². The number of urea groups is 1. The van der Waals surface area contributed by atoms with Gasteiger partial charge in [0.2, 0.25) is 5.91 Å². The summed E-state index contributed by atoms with van der Waals surface area (Å²) in [5.74, 6) is 1.73. The smallest absolute Gasteiger partial charge is 0.315 e. The molecule has 0 saturated heterocycles. The molecule has 1 aromatic heterocycles. The van der Waals surface area contributed by atoms with E-state index in [9.17, 15) is 14.7 Å². The Morgan fingerprint density at radius 2 is 2.22 bits per heavy atom. The van der Waals surface area contributed by atoms with E-state index in [0.717, 1.165) is 17.1 Å². The van der Waals surface area contributed by atoms with Gasteiger partial charge in [0.25, 0.3) is 0 Å². The summed E-state index contributed by atoms with van der Waals surface area (Å²) in [7, 11) is 0. The van der Waals surface area contributed by atoms with E-state index in [4.69, 9.17) is 6.42 Å². The maximum atomic E-state index is 11.8. The highest BCUT2D eigenvalue weighted by Crippen LogP contribution is 2.10. The predicted octanol–water partition coefficient (Wildman–Crippen LogP) is 0.0460. The Hall–Kier alpha value is -2.11. The van der Waals surface area contributed by atoms with Crippen LogP contribution >= 0.6 is 11.3 Å². The number of hydrogen-bond donors (Lipinski definition) is 4. The molecule has 23 heavy (non-hydrogen) atoms. The second-order valence-electron chi connectivity index (χ2n) is 4.88. The van der Waals surface area contributed by atoms with Crippen molar-refractivity contribution in [3.8, 4) is 12.3 Å². The van der Waals surface area contributed by atoms with E-state index < -0.39 is 24.1 Å². The molecule has 4 N–H and O–H groups in total. The van der Waals surface area contributed by atoms with E-state index in [2.05, 4.69) is 26.9 Å². The predicted molar refractivity (Wildman–Crippen MR) is 89.0 cm³/mol. The van der Waals surface area contributed by atoms with Crippen molar-refractivity contribution in [1.82, 2.24) is 20.9 Å². The molecule has 0 bridgehead atoms. The molecule has 1 aromatic rings. The van der Waals surface area contributed by atoms with Crippen LogP contribution in [0.1, 0.15) is 24.5 Å². The van der Waals surface area contributed by atoms with Crippen molar-refractivity contribution in [2.75, 3.05) is 13.1 Å². The molecule has 0 fully saturated rings. The van der Waals surface area contributed by atoms with E-state index >= 15 is 0 Å². The highest BCUT2D eigenvalue weighted by Gasteiger charge is 2.25. The second-order valence-corrected chi connectivity index (χ2v) is 5.82. The van der Waals surface area contributed by atoms with Gasteiger partial charge in [0.05, 0.1) is 23.4 Å². The fraction of sp³-hybridized carbons (Fsp3) is 0.533. The molecule has 0 saturated carbocycles. The summed E-state index contributed by atoms with van der Waals surface area (Å²) in [6.45, 7) is 3.88. The maximum Gasteiger partial charge on any atom is 0.315 e. The van der Waals surface area contributed by atoms with Crippen LogP contribution in [0.5, 0.6) is 0 Å². The summed E-state index contributed by atoms with van der Waals surface area (Å²) in [6, 6.07) is -1.59. The molecular weight excluding hydrogens is 316 g/mol. The van der Waals surface area contributed by atoms with E-state index in [1.165, 1.54) is 6.92 Å². The van der Waals surface area contributed by atoms with Crippen LogP contribution in [0.15, 0.2) is 5.38 Å². The van der Waals surface area contributed by atoms with Crippen LogP contribution in [-0.4, -0.2) is 47.3 Å². The molecular formula is C15H22N4O3S. The van der Waals surface area contributed by atoms with Crippen molar-refractivity contribution in [2.45, 2.75) is 38.8 Å². The number of amides is 3. The molecule has 126 valence electrons. The topological polar surface area (TPSA) is 103 Å². The van der Waals surface area contributed by atoms with Gasteiger partial charge in [-0.15, -0.1) is 17.8 Å². The number of rotatable bonds is 8. The largest absolute Gasteiger partial charge is 0.391 e. The number of carbonyl (C=O) groups excluding carboxylic acids is 2. The maximum absolute atomic E-state index is 11.8. The average molecular weight is 338 g/mol. The molecule has 0 aliphatic heterocycles. The SMILES string of the molecule is C#CCNC(=O)[C@@H](NC(=O)NCCc1nc(CC)cs1)[C@@H](C)O. The highest BCUT2D eigenvalue weighted by atomic mass is 32.1. The van der Waals surface area contributed by atoms with Gasteiger partial charge < -0.3 is 21.1 Å². The van der Waals surface area contributed by atoms with Crippen molar-refractivity contribution in [3.05, 3.63) is 16.1 Å². The lowest BCUT2D eigenvalue weighted by Gasteiger charge is -2.20. The Labute approximate surface area is 139 Å².